The Balaban J connectivity index is 1.43. The second-order valence-electron chi connectivity index (χ2n) is 6.81. The van der Waals surface area contributed by atoms with Gasteiger partial charge in [0.15, 0.2) is 0 Å². The molecule has 0 aromatic heterocycles. The number of carbonyl (C=O) groups excluding carboxylic acids is 1. The lowest BCUT2D eigenvalue weighted by molar-refractivity contribution is 0.0922. The summed E-state index contributed by atoms with van der Waals surface area (Å²) in [5.74, 6) is 0.752. The molecule has 1 amide bonds. The Labute approximate surface area is 144 Å². The molecule has 0 heterocycles. The monoisotopic (exact) mass is 322 g/mol. The van der Waals surface area contributed by atoms with Crippen molar-refractivity contribution in [3.05, 3.63) is 65.7 Å². The van der Waals surface area contributed by atoms with Gasteiger partial charge in [-0.05, 0) is 62.8 Å². The first kappa shape index (κ1) is 16.6. The third-order valence-electron chi connectivity index (χ3n) is 4.83. The van der Waals surface area contributed by atoms with E-state index >= 15 is 0 Å². The first-order valence-corrected chi connectivity index (χ1v) is 8.87. The van der Waals surface area contributed by atoms with Crippen LogP contribution < -0.4 is 10.6 Å². The molecule has 3 rings (SSSR count). The van der Waals surface area contributed by atoms with Gasteiger partial charge in [0, 0.05) is 23.8 Å². The van der Waals surface area contributed by atoms with Crippen molar-refractivity contribution in [3.8, 4) is 0 Å². The van der Waals surface area contributed by atoms with Crippen LogP contribution in [0.5, 0.6) is 0 Å². The fraction of sp³-hybridized carbons (Fsp3) is 0.381. The molecule has 1 saturated carbocycles. The van der Waals surface area contributed by atoms with E-state index in [1.807, 2.05) is 37.3 Å². The van der Waals surface area contributed by atoms with Gasteiger partial charge in [0.2, 0.25) is 0 Å². The first-order chi connectivity index (χ1) is 11.7. The Morgan fingerprint density at radius 2 is 1.75 bits per heavy atom. The minimum absolute atomic E-state index is 0.0598. The van der Waals surface area contributed by atoms with Gasteiger partial charge in [-0.2, -0.15) is 0 Å². The summed E-state index contributed by atoms with van der Waals surface area (Å²) in [6, 6.07) is 18.5. The number of hydrogen-bond donors (Lipinski definition) is 2. The Morgan fingerprint density at radius 1 is 1.00 bits per heavy atom. The van der Waals surface area contributed by atoms with E-state index in [1.54, 1.807) is 0 Å². The van der Waals surface area contributed by atoms with E-state index in [2.05, 4.69) is 34.9 Å². The zero-order valence-electron chi connectivity index (χ0n) is 14.3. The van der Waals surface area contributed by atoms with E-state index in [9.17, 15) is 4.79 Å². The predicted molar refractivity (Wildman–Crippen MR) is 99.3 cm³/mol. The van der Waals surface area contributed by atoms with Crippen molar-refractivity contribution < 1.29 is 4.79 Å². The fourth-order valence-electron chi connectivity index (χ4n) is 3.38. The van der Waals surface area contributed by atoms with Crippen LogP contribution in [0.15, 0.2) is 54.6 Å². The van der Waals surface area contributed by atoms with E-state index in [4.69, 9.17) is 0 Å². The van der Waals surface area contributed by atoms with Crippen LogP contribution in [0.4, 0.5) is 5.69 Å². The van der Waals surface area contributed by atoms with E-state index in [1.165, 1.54) is 18.5 Å². The van der Waals surface area contributed by atoms with Gasteiger partial charge in [0.25, 0.3) is 5.91 Å². The highest BCUT2D eigenvalue weighted by Gasteiger charge is 2.22. The molecule has 0 bridgehead atoms. The van der Waals surface area contributed by atoms with E-state index in [-0.39, 0.29) is 5.91 Å². The molecule has 0 radical (unpaired) electrons. The van der Waals surface area contributed by atoms with E-state index < -0.39 is 0 Å². The average molecular weight is 322 g/mol. The summed E-state index contributed by atoms with van der Waals surface area (Å²) >= 11 is 0. The zero-order valence-corrected chi connectivity index (χ0v) is 14.3. The second kappa shape index (κ2) is 8.00. The lowest BCUT2D eigenvalue weighted by atomic mass is 9.86. The van der Waals surface area contributed by atoms with Gasteiger partial charge in [0.1, 0.15) is 0 Å². The maximum atomic E-state index is 12.3. The largest absolute Gasteiger partial charge is 0.385 e. The smallest absolute Gasteiger partial charge is 0.251 e. The molecule has 0 atom stereocenters. The van der Waals surface area contributed by atoms with Gasteiger partial charge in [-0.15, -0.1) is 0 Å². The van der Waals surface area contributed by atoms with Crippen molar-refractivity contribution in [1.82, 2.24) is 5.32 Å². The van der Waals surface area contributed by atoms with Gasteiger partial charge >= 0.3 is 0 Å². The molecular formula is C21H26N2O. The van der Waals surface area contributed by atoms with Crippen molar-refractivity contribution in [2.24, 2.45) is 5.92 Å². The molecule has 2 N–H and O–H groups in total. The highest BCUT2D eigenvalue weighted by Crippen LogP contribution is 2.25. The molecule has 0 aliphatic heterocycles. The summed E-state index contributed by atoms with van der Waals surface area (Å²) in [7, 11) is 0. The Hall–Kier alpha value is -2.29. The predicted octanol–water partition coefficient (Wildman–Crippen LogP) is 4.40. The molecule has 2 aromatic carbocycles. The molecule has 0 saturated heterocycles. The summed E-state index contributed by atoms with van der Waals surface area (Å²) in [5, 5.41) is 6.71. The number of nitrogens with one attached hydrogen (secondary N) is 2. The number of rotatable bonds is 5. The third kappa shape index (κ3) is 4.60. The topological polar surface area (TPSA) is 41.1 Å². The summed E-state index contributed by atoms with van der Waals surface area (Å²) in [6.07, 6.45) is 4.47. The second-order valence-corrected chi connectivity index (χ2v) is 6.81. The summed E-state index contributed by atoms with van der Waals surface area (Å²) in [4.78, 5) is 12.3. The van der Waals surface area contributed by atoms with Crippen LogP contribution >= 0.6 is 0 Å². The molecule has 2 aromatic rings. The quantitative estimate of drug-likeness (QED) is 0.857. The van der Waals surface area contributed by atoms with Crippen molar-refractivity contribution in [2.45, 2.75) is 38.6 Å². The Kier molecular flexibility index (Phi) is 5.52. The molecule has 3 heteroatoms. The van der Waals surface area contributed by atoms with Crippen LogP contribution in [0.1, 0.15) is 41.6 Å². The molecule has 1 fully saturated rings. The first-order valence-electron chi connectivity index (χ1n) is 8.87. The van der Waals surface area contributed by atoms with Gasteiger partial charge < -0.3 is 10.6 Å². The van der Waals surface area contributed by atoms with Crippen LogP contribution in [-0.2, 0) is 0 Å². The molecule has 24 heavy (non-hydrogen) atoms. The number of carbonyl (C=O) groups is 1. The van der Waals surface area contributed by atoms with Gasteiger partial charge in [-0.25, -0.2) is 0 Å². The number of para-hydroxylation sites is 1. The van der Waals surface area contributed by atoms with Crippen molar-refractivity contribution >= 4 is 11.6 Å². The maximum absolute atomic E-state index is 12.3. The lowest BCUT2D eigenvalue weighted by Crippen LogP contribution is -2.38. The molecule has 126 valence electrons. The summed E-state index contributed by atoms with van der Waals surface area (Å²) < 4.78 is 0. The SMILES string of the molecule is Cc1cccc(C(=O)NC2CCC(CNc3ccccc3)CC2)c1. The van der Waals surface area contributed by atoms with Crippen molar-refractivity contribution in [2.75, 3.05) is 11.9 Å². The van der Waals surface area contributed by atoms with Crippen LogP contribution in [-0.4, -0.2) is 18.5 Å². The third-order valence-corrected chi connectivity index (χ3v) is 4.83. The maximum Gasteiger partial charge on any atom is 0.251 e. The Bertz CT molecular complexity index is 661. The normalized spacial score (nSPS) is 20.4. The highest BCUT2D eigenvalue weighted by molar-refractivity contribution is 5.94. The number of anilines is 1. The van der Waals surface area contributed by atoms with Crippen LogP contribution in [0.25, 0.3) is 0 Å². The molecule has 3 nitrogen and oxygen atoms in total. The minimum atomic E-state index is 0.0598. The number of benzene rings is 2. The molecule has 0 unspecified atom stereocenters. The number of hydrogen-bond acceptors (Lipinski definition) is 2. The minimum Gasteiger partial charge on any atom is -0.385 e. The zero-order chi connectivity index (χ0) is 16.8. The number of amides is 1. The van der Waals surface area contributed by atoms with Gasteiger partial charge in [-0.1, -0.05) is 35.9 Å². The summed E-state index contributed by atoms with van der Waals surface area (Å²) in [6.45, 7) is 3.03. The van der Waals surface area contributed by atoms with Crippen molar-refractivity contribution in [3.63, 3.8) is 0 Å². The van der Waals surface area contributed by atoms with Crippen molar-refractivity contribution in [1.29, 1.82) is 0 Å². The van der Waals surface area contributed by atoms with Crippen LogP contribution in [0, 0.1) is 12.8 Å². The Morgan fingerprint density at radius 3 is 2.46 bits per heavy atom. The molecule has 1 aliphatic rings. The van der Waals surface area contributed by atoms with Gasteiger partial charge in [0.05, 0.1) is 0 Å². The lowest BCUT2D eigenvalue weighted by Gasteiger charge is -2.29. The molecule has 0 spiro atoms. The van der Waals surface area contributed by atoms with E-state index in [0.717, 1.165) is 30.5 Å². The highest BCUT2D eigenvalue weighted by atomic mass is 16.1. The van der Waals surface area contributed by atoms with Crippen LogP contribution in [0.3, 0.4) is 0 Å². The number of aryl methyl sites for hydroxylation is 1. The molecule has 1 aliphatic carbocycles. The molecular weight excluding hydrogens is 296 g/mol. The summed E-state index contributed by atoms with van der Waals surface area (Å²) in [5.41, 5.74) is 3.08. The average Bonchev–Trinajstić information content (AvgIpc) is 2.62. The van der Waals surface area contributed by atoms with E-state index in [0.29, 0.717) is 12.0 Å². The fourth-order valence-corrected chi connectivity index (χ4v) is 3.38. The van der Waals surface area contributed by atoms with Gasteiger partial charge in [-0.3, -0.25) is 4.79 Å². The standard InChI is InChI=1S/C21H26N2O/c1-16-6-5-7-18(14-16)21(24)23-20-12-10-17(11-13-20)15-22-19-8-3-2-4-9-19/h2-9,14,17,20,22H,10-13,15H2,1H3,(H,23,24). The van der Waals surface area contributed by atoms with Crippen LogP contribution in [0.2, 0.25) is 0 Å².